The van der Waals surface area contributed by atoms with Crippen LogP contribution in [0.5, 0.6) is 0 Å². The van der Waals surface area contributed by atoms with Crippen LogP contribution in [0.4, 0.5) is 28.4 Å². The van der Waals surface area contributed by atoms with Gasteiger partial charge in [-0.2, -0.15) is 53.3 Å². The van der Waals surface area contributed by atoms with Crippen LogP contribution in [-0.2, 0) is 59.4 Å². The molecule has 1 aliphatic rings. The van der Waals surface area contributed by atoms with E-state index in [2.05, 4.69) is 86.3 Å². The number of ketones is 1. The van der Waals surface area contributed by atoms with E-state index in [1.807, 2.05) is 18.4 Å². The number of likely N-dealkylation sites (N-methyl/N-ethyl adjacent to an activating group) is 1. The zero-order chi connectivity index (χ0) is 88.7. The maximum atomic E-state index is 13.0. The zero-order valence-electron chi connectivity index (χ0n) is 65.8. The van der Waals surface area contributed by atoms with Gasteiger partial charge in [0.05, 0.1) is 142 Å². The van der Waals surface area contributed by atoms with Gasteiger partial charge in [-0.1, -0.05) is 87.6 Å². The average Bonchev–Trinajstić information content (AvgIpc) is 1.69. The van der Waals surface area contributed by atoms with Crippen molar-refractivity contribution < 1.29 is 49.8 Å². The van der Waals surface area contributed by atoms with Crippen molar-refractivity contribution in [1.29, 1.82) is 0 Å². The summed E-state index contributed by atoms with van der Waals surface area (Å²) in [5.41, 5.74) is 5.23. The van der Waals surface area contributed by atoms with E-state index < -0.39 is 59.4 Å². The first kappa shape index (κ1) is 97.3. The molecule has 10 aromatic heterocycles. The molecule has 0 spiro atoms. The van der Waals surface area contributed by atoms with E-state index in [9.17, 15) is 49.8 Å². The first-order valence-corrected chi connectivity index (χ1v) is 46.7. The average molecular weight is 1860 g/mol. The largest absolute Gasteiger partial charge is 0.297 e. The number of carbonyl (C=O) groups excluding carboxylic acids is 6. The van der Waals surface area contributed by atoms with E-state index >= 15 is 0 Å². The molecule has 43 heteroatoms. The molecule has 0 aromatic carbocycles. The molecule has 121 heavy (non-hydrogen) atoms. The van der Waals surface area contributed by atoms with Gasteiger partial charge in [0.15, 0.2) is 41.4 Å². The second-order valence-corrected chi connectivity index (χ2v) is 35.6. The molecular weight excluding hydrogens is 1780 g/mol. The molecule has 0 N–H and O–H groups in total. The number of sulfonamides is 1. The van der Waals surface area contributed by atoms with E-state index in [4.69, 9.17) is 90.1 Å². The maximum Gasteiger partial charge on any atom is 0.248 e. The highest BCUT2D eigenvalue weighted by Crippen LogP contribution is 2.41. The first-order chi connectivity index (χ1) is 57.7. The number of aromatic nitrogens is 15. The minimum absolute atomic E-state index is 0.0130. The predicted octanol–water partition coefficient (Wildman–Crippen LogP) is 8.94. The fourth-order valence-electron chi connectivity index (χ4n) is 10.6. The van der Waals surface area contributed by atoms with Crippen LogP contribution in [0.1, 0.15) is 19.3 Å². The Morgan fingerprint density at radius 1 is 0.488 bits per heavy atom. The number of amides is 5. The molecule has 3 atom stereocenters. The highest BCUT2D eigenvalue weighted by atomic mass is 35.5. The van der Waals surface area contributed by atoms with Crippen molar-refractivity contribution >= 4 is 188 Å². The number of rotatable bonds is 31. The molecular formula is C78H78Cl5N21O11S6. The van der Waals surface area contributed by atoms with Crippen molar-refractivity contribution in [1.82, 2.24) is 78.1 Å². The molecule has 632 valence electrons. The Balaban J connectivity index is 0.000000209. The topological polar surface area (TPSA) is 361 Å². The Hall–Kier alpha value is -10.9. The molecule has 0 bridgehead atoms. The number of anilines is 5. The maximum absolute atomic E-state index is 13.0. The van der Waals surface area contributed by atoms with Gasteiger partial charge < -0.3 is 0 Å². The Kier molecular flexibility index (Phi) is 38.1. The summed E-state index contributed by atoms with van der Waals surface area (Å²) in [6.45, 7) is -0.380. The van der Waals surface area contributed by atoms with E-state index in [-0.39, 0.29) is 106 Å². The van der Waals surface area contributed by atoms with E-state index in [0.717, 1.165) is 27.4 Å². The van der Waals surface area contributed by atoms with Crippen molar-refractivity contribution in [2.75, 3.05) is 126 Å². The van der Waals surface area contributed by atoms with Crippen molar-refractivity contribution in [3.63, 3.8) is 0 Å². The molecule has 0 radical (unpaired) electrons. The lowest BCUT2D eigenvalue weighted by atomic mass is 10.2. The predicted molar refractivity (Wildman–Crippen MR) is 479 cm³/mol. The number of halogens is 5. The van der Waals surface area contributed by atoms with E-state index in [1.54, 1.807) is 157 Å². The molecule has 32 nitrogen and oxygen atoms in total. The number of carbonyl (C=O) groups is 6. The summed E-state index contributed by atoms with van der Waals surface area (Å²) in [7, 11) is -6.96. The Morgan fingerprint density at radius 3 is 1.06 bits per heavy atom. The Labute approximate surface area is 740 Å². The summed E-state index contributed by atoms with van der Waals surface area (Å²) in [5.74, 6) is 10.0. The third-order valence-electron chi connectivity index (χ3n) is 16.5. The molecule has 10 aromatic rings. The van der Waals surface area contributed by atoms with Gasteiger partial charge in [-0.15, -0.1) is 43.9 Å². The molecule has 10 heterocycles. The van der Waals surface area contributed by atoms with Crippen LogP contribution in [-0.4, -0.2) is 246 Å². The Morgan fingerprint density at radius 2 is 0.793 bits per heavy atom. The lowest BCUT2D eigenvalue weighted by Gasteiger charge is -2.23. The summed E-state index contributed by atoms with van der Waals surface area (Å²) in [6, 6.07) is 17.8. The van der Waals surface area contributed by atoms with E-state index in [0.29, 0.717) is 57.4 Å². The standard InChI is InChI=1S/C18H19ClN4OS.C17H17ClN4O2S2.C15H16ClN5O3S.C14H13ClN4O3S.C14H13ClN4O2S/c1-3-9-22(17(24)10-16(25-2)13-6-7-13)15-12-23(21-18(15)19)14-5-4-8-20-11-14;1-4-8-21(17(24)15(26-3)14(23)11-25-2)13-10-22(20-16(13)18)12-6-5-7-19-9-12;1-4-8-20(14(22)11-19(2)25(3,23)24)13-10-21(18-15(13)16)12-6-5-7-17-9-12;1-3-7-18(13(20)10-23(2,21)22)12-9-19(17-14(12)15)11-5-4-6-16-8-11;1-3-7-18(13(20)10-22(2)21)12-9-19(17-14(12)15)11-5-4-6-16-8-11/h1,4-5,8,11-13,16H,6-7,9-10H2,2H3;1,5-7,9-10,15H,8,11H2,2-3H3;1,5-7,9-10H,8,11H2,2-3H3;1,4-6,8-9H,7,10H2,2H3;1,4-6,8-9H,7,10H2,2H3. The normalized spacial score (nSPS) is 12.1. The summed E-state index contributed by atoms with van der Waals surface area (Å²) in [5, 5.41) is 21.0. The van der Waals surface area contributed by atoms with Gasteiger partial charge in [0.1, 0.15) is 45.2 Å². The van der Waals surface area contributed by atoms with E-state index in [1.165, 1.54) is 95.5 Å². The molecule has 1 saturated carbocycles. The van der Waals surface area contributed by atoms with Gasteiger partial charge >= 0.3 is 0 Å². The molecule has 3 unspecified atom stereocenters. The highest BCUT2D eigenvalue weighted by molar-refractivity contribution is 8.01. The van der Waals surface area contributed by atoms with Crippen LogP contribution in [0.25, 0.3) is 28.4 Å². The lowest BCUT2D eigenvalue weighted by Crippen LogP contribution is -2.42. The van der Waals surface area contributed by atoms with Gasteiger partial charge in [-0.05, 0) is 98.2 Å². The smallest absolute Gasteiger partial charge is 0.248 e. The van der Waals surface area contributed by atoms with Crippen molar-refractivity contribution in [2.45, 2.75) is 29.8 Å². The van der Waals surface area contributed by atoms with Crippen LogP contribution >= 0.6 is 93.3 Å². The number of Topliss-reactive ketones (excluding diaryl/α,β-unsaturated/α-hetero) is 1. The molecule has 11 rings (SSSR count). The van der Waals surface area contributed by atoms with Gasteiger partial charge in [-0.25, -0.2) is 40.2 Å². The number of terminal acetylenes is 5. The fraction of sp³-hybridized carbons (Fsp3) is 0.282. The molecule has 0 saturated heterocycles. The SMILES string of the molecule is C#CCN(C(=O)C(SC)C(=O)CSC)c1cn(-c2cccnc2)nc1Cl.C#CCN(C(=O)CC(SC)C1CC1)c1cn(-c2cccnc2)nc1Cl.C#CCN(C(=O)CN(C)S(C)(=O)=O)c1cn(-c2cccnc2)nc1Cl.C#CCN(C(=O)CS(C)(=O)=O)c1cn(-c2cccnc2)nc1Cl.C#CCN(C(=O)CS(C)=O)c1cn(-c2cccnc2)nc1Cl. The summed E-state index contributed by atoms with van der Waals surface area (Å²) in [4.78, 5) is 101. The van der Waals surface area contributed by atoms with Gasteiger partial charge in [0.2, 0.25) is 39.6 Å². The van der Waals surface area contributed by atoms with Crippen LogP contribution in [0.3, 0.4) is 0 Å². The van der Waals surface area contributed by atoms with Crippen molar-refractivity contribution in [3.8, 4) is 90.2 Å². The van der Waals surface area contributed by atoms with Crippen LogP contribution in [0.15, 0.2) is 154 Å². The second kappa shape index (κ2) is 47.4. The third-order valence-corrected chi connectivity index (χ3v) is 23.2. The summed E-state index contributed by atoms with van der Waals surface area (Å²) < 4.78 is 65.4. The number of nitrogens with zero attached hydrogens (tertiary/aromatic N) is 21. The number of hydrogen-bond donors (Lipinski definition) is 0. The monoisotopic (exact) mass is 1850 g/mol. The lowest BCUT2D eigenvalue weighted by molar-refractivity contribution is -0.125. The summed E-state index contributed by atoms with van der Waals surface area (Å²) in [6.07, 6.45) is 62.9. The number of sulfone groups is 1. The van der Waals surface area contributed by atoms with Crippen LogP contribution < -0.4 is 24.5 Å². The number of hydrogen-bond acceptors (Lipinski definition) is 24. The number of thioether (sulfide) groups is 3. The zero-order valence-corrected chi connectivity index (χ0v) is 74.4. The molecule has 5 amide bonds. The molecule has 0 aliphatic heterocycles. The molecule has 1 fully saturated rings. The minimum Gasteiger partial charge on any atom is -0.297 e. The van der Waals surface area contributed by atoms with Crippen molar-refractivity contribution in [3.05, 3.63) is 179 Å². The Bertz CT molecular complexity index is 5720. The van der Waals surface area contributed by atoms with Crippen LogP contribution in [0.2, 0.25) is 25.8 Å². The summed E-state index contributed by atoms with van der Waals surface area (Å²) >= 11 is 35.2. The first-order valence-electron chi connectivity index (χ1n) is 35.2. The van der Waals surface area contributed by atoms with Gasteiger partial charge in [0.25, 0.3) is 0 Å². The van der Waals surface area contributed by atoms with Crippen LogP contribution in [0, 0.1) is 67.6 Å². The fourth-order valence-corrected chi connectivity index (χ4v) is 15.4. The molecule has 1 aliphatic carbocycles. The second-order valence-electron chi connectivity index (χ2n) is 25.3. The number of pyridine rings is 5. The third kappa shape index (κ3) is 28.6. The quantitative estimate of drug-likeness (QED) is 0.0289. The van der Waals surface area contributed by atoms with Crippen molar-refractivity contribution in [2.24, 2.45) is 5.92 Å². The van der Waals surface area contributed by atoms with Gasteiger partial charge in [-0.3, -0.25) is 82.4 Å². The van der Waals surface area contributed by atoms with Gasteiger partial charge in [0, 0.05) is 73.0 Å². The minimum atomic E-state index is -3.50. The highest BCUT2D eigenvalue weighted by Gasteiger charge is 2.36.